The number of benzene rings is 1. The molecule has 0 aliphatic carbocycles. The molecule has 0 bridgehead atoms. The monoisotopic (exact) mass is 281 g/mol. The number of rotatable bonds is 5. The molecule has 0 radical (unpaired) electrons. The van der Waals surface area contributed by atoms with Crippen LogP contribution < -0.4 is 14.8 Å². The highest BCUT2D eigenvalue weighted by Crippen LogP contribution is 2.31. The molecule has 112 valence electrons. The highest BCUT2D eigenvalue weighted by Gasteiger charge is 2.23. The van der Waals surface area contributed by atoms with Gasteiger partial charge in [0.1, 0.15) is 11.5 Å². The van der Waals surface area contributed by atoms with E-state index in [4.69, 9.17) is 14.2 Å². The molecule has 1 heterocycles. The number of hydrogen-bond acceptors (Lipinski definition) is 5. The van der Waals surface area contributed by atoms with Crippen LogP contribution in [-0.4, -0.2) is 44.6 Å². The van der Waals surface area contributed by atoms with Crippen LogP contribution in [0.1, 0.15) is 25.0 Å². The van der Waals surface area contributed by atoms with E-state index in [9.17, 15) is 5.11 Å². The Morgan fingerprint density at radius 1 is 1.35 bits per heavy atom. The molecule has 1 aromatic carbocycles. The minimum absolute atomic E-state index is 0.153. The van der Waals surface area contributed by atoms with Crippen LogP contribution in [0.2, 0.25) is 0 Å². The van der Waals surface area contributed by atoms with Gasteiger partial charge < -0.3 is 24.6 Å². The molecule has 0 amide bonds. The maximum absolute atomic E-state index is 10.4. The van der Waals surface area contributed by atoms with Gasteiger partial charge in [-0.3, -0.25) is 0 Å². The van der Waals surface area contributed by atoms with Crippen LogP contribution in [0.15, 0.2) is 18.2 Å². The van der Waals surface area contributed by atoms with E-state index in [0.29, 0.717) is 30.6 Å². The standard InChI is InChI=1S/C15H23NO4/c1-10-8-20-9-11(16-10)6-14(17)13-5-4-12(18-2)7-15(13)19-3/h4-5,7,10-11,14,16-17H,6,8-9H2,1-3H3. The maximum atomic E-state index is 10.4. The predicted molar refractivity (Wildman–Crippen MR) is 76.3 cm³/mol. The highest BCUT2D eigenvalue weighted by atomic mass is 16.5. The van der Waals surface area contributed by atoms with E-state index < -0.39 is 6.10 Å². The average Bonchev–Trinajstić information content (AvgIpc) is 2.46. The third-order valence-corrected chi connectivity index (χ3v) is 3.51. The smallest absolute Gasteiger partial charge is 0.128 e. The molecule has 0 saturated carbocycles. The van der Waals surface area contributed by atoms with Crippen LogP contribution in [0, 0.1) is 0 Å². The molecule has 1 aliphatic heterocycles. The van der Waals surface area contributed by atoms with E-state index >= 15 is 0 Å². The number of nitrogens with one attached hydrogen (secondary N) is 1. The average molecular weight is 281 g/mol. The van der Waals surface area contributed by atoms with Gasteiger partial charge in [0.25, 0.3) is 0 Å². The third-order valence-electron chi connectivity index (χ3n) is 3.51. The fourth-order valence-electron chi connectivity index (χ4n) is 2.51. The van der Waals surface area contributed by atoms with E-state index in [2.05, 4.69) is 12.2 Å². The number of methoxy groups -OCH3 is 2. The molecule has 0 aromatic heterocycles. The summed E-state index contributed by atoms with van der Waals surface area (Å²) in [5, 5.41) is 13.8. The molecule has 5 nitrogen and oxygen atoms in total. The summed E-state index contributed by atoms with van der Waals surface area (Å²) in [5.41, 5.74) is 0.772. The van der Waals surface area contributed by atoms with E-state index in [-0.39, 0.29) is 6.04 Å². The zero-order valence-electron chi connectivity index (χ0n) is 12.3. The van der Waals surface area contributed by atoms with Gasteiger partial charge in [0.15, 0.2) is 0 Å². The van der Waals surface area contributed by atoms with Crippen molar-refractivity contribution in [3.05, 3.63) is 23.8 Å². The molecular formula is C15H23NO4. The summed E-state index contributed by atoms with van der Waals surface area (Å²) >= 11 is 0. The summed E-state index contributed by atoms with van der Waals surface area (Å²) < 4.78 is 16.0. The molecule has 1 aromatic rings. The van der Waals surface area contributed by atoms with Gasteiger partial charge in [-0.2, -0.15) is 0 Å². The van der Waals surface area contributed by atoms with Crippen molar-refractivity contribution in [1.82, 2.24) is 5.32 Å². The van der Waals surface area contributed by atoms with E-state index in [1.54, 1.807) is 20.3 Å². The summed E-state index contributed by atoms with van der Waals surface area (Å²) in [6.45, 7) is 3.42. The maximum Gasteiger partial charge on any atom is 0.128 e. The second-order valence-electron chi connectivity index (χ2n) is 5.16. The molecule has 1 aliphatic rings. The Morgan fingerprint density at radius 3 is 2.80 bits per heavy atom. The van der Waals surface area contributed by atoms with Crippen molar-refractivity contribution in [3.63, 3.8) is 0 Å². The quantitative estimate of drug-likeness (QED) is 0.856. The predicted octanol–water partition coefficient (Wildman–Crippen LogP) is 1.50. The minimum Gasteiger partial charge on any atom is -0.497 e. The van der Waals surface area contributed by atoms with Gasteiger partial charge >= 0.3 is 0 Å². The summed E-state index contributed by atoms with van der Waals surface area (Å²) in [6, 6.07) is 5.93. The van der Waals surface area contributed by atoms with Crippen molar-refractivity contribution in [2.45, 2.75) is 31.5 Å². The van der Waals surface area contributed by atoms with Crippen molar-refractivity contribution in [1.29, 1.82) is 0 Å². The molecule has 3 unspecified atom stereocenters. The first-order chi connectivity index (χ1) is 9.63. The molecule has 0 spiro atoms. The number of morpholine rings is 1. The first-order valence-electron chi connectivity index (χ1n) is 6.87. The third kappa shape index (κ3) is 3.62. The van der Waals surface area contributed by atoms with Crippen LogP contribution in [0.5, 0.6) is 11.5 Å². The zero-order valence-corrected chi connectivity index (χ0v) is 12.3. The fraction of sp³-hybridized carbons (Fsp3) is 0.600. The van der Waals surface area contributed by atoms with Crippen molar-refractivity contribution in [2.75, 3.05) is 27.4 Å². The molecule has 20 heavy (non-hydrogen) atoms. The molecule has 5 heteroatoms. The summed E-state index contributed by atoms with van der Waals surface area (Å²) in [4.78, 5) is 0. The lowest BCUT2D eigenvalue weighted by atomic mass is 10.00. The normalized spacial score (nSPS) is 24.2. The number of aliphatic hydroxyl groups excluding tert-OH is 1. The molecule has 3 atom stereocenters. The SMILES string of the molecule is COc1ccc(C(O)CC2COCC(C)N2)c(OC)c1. The summed E-state index contributed by atoms with van der Waals surface area (Å²) in [6.07, 6.45) is -0.00483. The van der Waals surface area contributed by atoms with Crippen molar-refractivity contribution >= 4 is 0 Å². The summed E-state index contributed by atoms with van der Waals surface area (Å²) in [5.74, 6) is 1.35. The Balaban J connectivity index is 2.06. The van der Waals surface area contributed by atoms with Crippen LogP contribution in [0.25, 0.3) is 0 Å². The van der Waals surface area contributed by atoms with Gasteiger partial charge in [0.05, 0.1) is 33.5 Å². The fourth-order valence-corrected chi connectivity index (χ4v) is 2.51. The molecule has 2 N–H and O–H groups in total. The zero-order chi connectivity index (χ0) is 14.5. The Labute approximate surface area is 119 Å². The minimum atomic E-state index is -0.595. The molecule has 2 rings (SSSR count). The van der Waals surface area contributed by atoms with Gasteiger partial charge in [-0.05, 0) is 25.5 Å². The summed E-state index contributed by atoms with van der Waals surface area (Å²) in [7, 11) is 3.20. The lowest BCUT2D eigenvalue weighted by Crippen LogP contribution is -2.47. The topological polar surface area (TPSA) is 60.0 Å². The lowest BCUT2D eigenvalue weighted by Gasteiger charge is -2.30. The molecular weight excluding hydrogens is 258 g/mol. The molecule has 1 saturated heterocycles. The second-order valence-corrected chi connectivity index (χ2v) is 5.16. The Bertz CT molecular complexity index is 438. The van der Waals surface area contributed by atoms with Crippen LogP contribution in [0.4, 0.5) is 0 Å². The van der Waals surface area contributed by atoms with Crippen molar-refractivity contribution < 1.29 is 19.3 Å². The van der Waals surface area contributed by atoms with Crippen molar-refractivity contribution in [3.8, 4) is 11.5 Å². The number of ether oxygens (including phenoxy) is 3. The van der Waals surface area contributed by atoms with Crippen molar-refractivity contribution in [2.24, 2.45) is 0 Å². The van der Waals surface area contributed by atoms with Gasteiger partial charge in [-0.1, -0.05) is 0 Å². The number of hydrogen-bond donors (Lipinski definition) is 2. The van der Waals surface area contributed by atoms with E-state index in [0.717, 1.165) is 12.2 Å². The van der Waals surface area contributed by atoms with Gasteiger partial charge in [0, 0.05) is 23.7 Å². The van der Waals surface area contributed by atoms with Crippen LogP contribution >= 0.6 is 0 Å². The lowest BCUT2D eigenvalue weighted by molar-refractivity contribution is 0.0300. The Kier molecular flexibility index (Phi) is 5.23. The number of aliphatic hydroxyl groups is 1. The van der Waals surface area contributed by atoms with Gasteiger partial charge in [-0.25, -0.2) is 0 Å². The first-order valence-corrected chi connectivity index (χ1v) is 6.87. The largest absolute Gasteiger partial charge is 0.497 e. The highest BCUT2D eigenvalue weighted by molar-refractivity contribution is 5.42. The second kappa shape index (κ2) is 6.92. The van der Waals surface area contributed by atoms with Gasteiger partial charge in [0.2, 0.25) is 0 Å². The van der Waals surface area contributed by atoms with Crippen LogP contribution in [-0.2, 0) is 4.74 Å². The van der Waals surface area contributed by atoms with Crippen LogP contribution in [0.3, 0.4) is 0 Å². The van der Waals surface area contributed by atoms with E-state index in [1.165, 1.54) is 0 Å². The Hall–Kier alpha value is -1.30. The Morgan fingerprint density at radius 2 is 2.15 bits per heavy atom. The van der Waals surface area contributed by atoms with Gasteiger partial charge in [-0.15, -0.1) is 0 Å². The first kappa shape index (κ1) is 15.1. The molecule has 1 fully saturated rings. The van der Waals surface area contributed by atoms with E-state index in [1.807, 2.05) is 12.1 Å².